The average molecular weight is 441 g/mol. The lowest BCUT2D eigenvalue weighted by Gasteiger charge is -2.63. The highest BCUT2D eigenvalue weighted by Gasteiger charge is 2.66. The molecule has 0 aromatic heterocycles. The summed E-state index contributed by atoms with van der Waals surface area (Å²) in [6.07, 6.45) is 16.3. The quantitative estimate of drug-likeness (QED) is 0.332. The van der Waals surface area contributed by atoms with Gasteiger partial charge in [-0.1, -0.05) is 65.3 Å². The first-order valence-electron chi connectivity index (χ1n) is 13.4. The van der Waals surface area contributed by atoms with Crippen LogP contribution in [-0.2, 0) is 9.47 Å². The van der Waals surface area contributed by atoms with Crippen molar-refractivity contribution in [3.63, 3.8) is 0 Å². The molecule has 32 heavy (non-hydrogen) atoms. The average Bonchev–Trinajstić information content (AvgIpc) is 3.09. The van der Waals surface area contributed by atoms with Gasteiger partial charge in [-0.05, 0) is 79.4 Å². The molecule has 1 heterocycles. The third-order valence-corrected chi connectivity index (χ3v) is 11.2. The molecule has 3 saturated carbocycles. The molecule has 4 fully saturated rings. The number of allylic oxidation sites excluding steroid dienone is 3. The van der Waals surface area contributed by atoms with E-state index in [0.717, 1.165) is 31.6 Å². The van der Waals surface area contributed by atoms with Crippen molar-refractivity contribution in [3.05, 3.63) is 23.8 Å². The summed E-state index contributed by atoms with van der Waals surface area (Å²) in [6.45, 7) is 14.5. The van der Waals surface area contributed by atoms with Crippen molar-refractivity contribution in [3.8, 4) is 0 Å². The van der Waals surface area contributed by atoms with Crippen LogP contribution in [0, 0.1) is 46.3 Å². The Balaban J connectivity index is 1.41. The molecule has 1 saturated heterocycles. The van der Waals surface area contributed by atoms with Gasteiger partial charge in [0.15, 0.2) is 0 Å². The molecule has 4 aliphatic carbocycles. The third-order valence-electron chi connectivity index (χ3n) is 11.2. The van der Waals surface area contributed by atoms with Gasteiger partial charge in [0.25, 0.3) is 0 Å². The van der Waals surface area contributed by atoms with E-state index in [2.05, 4.69) is 59.8 Å². The van der Waals surface area contributed by atoms with Gasteiger partial charge < -0.3 is 9.47 Å². The molecule has 9 unspecified atom stereocenters. The normalized spacial score (nSPS) is 47.1. The van der Waals surface area contributed by atoms with Crippen molar-refractivity contribution in [2.24, 2.45) is 46.3 Å². The first kappa shape index (κ1) is 22.5. The maximum Gasteiger partial charge on any atom is 0.509 e. The van der Waals surface area contributed by atoms with Crippen LogP contribution in [0.25, 0.3) is 0 Å². The molecule has 0 aromatic carbocycles. The standard InChI is InChI=1S/C29H44O3/c1-18(2)19(3)7-8-20(4)23-9-10-24-22-12-16-29-17-21(31-26(30)32-29)11-15-28(29,6)25(22)13-14-27(23,24)5/h7-8,12,18-21,23-25H,9-11,13-17H2,1-6H3. The summed E-state index contributed by atoms with van der Waals surface area (Å²) in [6, 6.07) is 0. The van der Waals surface area contributed by atoms with Crippen molar-refractivity contribution in [1.29, 1.82) is 0 Å². The summed E-state index contributed by atoms with van der Waals surface area (Å²) < 4.78 is 11.5. The van der Waals surface area contributed by atoms with Gasteiger partial charge in [-0.25, -0.2) is 4.79 Å². The van der Waals surface area contributed by atoms with E-state index < -0.39 is 6.16 Å². The van der Waals surface area contributed by atoms with Gasteiger partial charge in [-0.2, -0.15) is 0 Å². The molecule has 0 radical (unpaired) electrons. The van der Waals surface area contributed by atoms with Gasteiger partial charge in [-0.15, -0.1) is 0 Å². The van der Waals surface area contributed by atoms with Gasteiger partial charge in [0, 0.05) is 18.3 Å². The Kier molecular flexibility index (Phi) is 5.38. The lowest BCUT2D eigenvalue weighted by atomic mass is 9.46. The van der Waals surface area contributed by atoms with Crippen molar-refractivity contribution in [1.82, 2.24) is 0 Å². The molecule has 5 rings (SSSR count). The highest BCUT2D eigenvalue weighted by Crippen LogP contribution is 2.68. The maximum atomic E-state index is 12.3. The van der Waals surface area contributed by atoms with Crippen molar-refractivity contribution in [2.75, 3.05) is 0 Å². The van der Waals surface area contributed by atoms with Crippen LogP contribution in [-0.4, -0.2) is 17.9 Å². The van der Waals surface area contributed by atoms with Crippen LogP contribution in [0.1, 0.15) is 92.9 Å². The molecule has 0 amide bonds. The summed E-state index contributed by atoms with van der Waals surface area (Å²) in [7, 11) is 0. The number of hydrogen-bond acceptors (Lipinski definition) is 3. The van der Waals surface area contributed by atoms with E-state index in [9.17, 15) is 4.79 Å². The fourth-order valence-electron chi connectivity index (χ4n) is 8.68. The van der Waals surface area contributed by atoms with E-state index in [1.54, 1.807) is 5.57 Å². The summed E-state index contributed by atoms with van der Waals surface area (Å²) >= 11 is 0. The molecular formula is C29H44O3. The number of rotatable bonds is 4. The van der Waals surface area contributed by atoms with Crippen LogP contribution in [0.4, 0.5) is 4.79 Å². The number of fused-ring (bicyclic) bond motifs is 5. The second-order valence-corrected chi connectivity index (χ2v) is 12.8. The fourth-order valence-corrected chi connectivity index (χ4v) is 8.68. The third kappa shape index (κ3) is 3.16. The van der Waals surface area contributed by atoms with E-state index in [-0.39, 0.29) is 17.1 Å². The second kappa shape index (κ2) is 7.64. The highest BCUT2D eigenvalue weighted by atomic mass is 16.7. The molecular weight excluding hydrogens is 396 g/mol. The molecule has 5 aliphatic rings. The maximum absolute atomic E-state index is 12.3. The first-order valence-corrected chi connectivity index (χ1v) is 13.4. The smallest absolute Gasteiger partial charge is 0.431 e. The molecule has 0 aromatic rings. The van der Waals surface area contributed by atoms with Crippen LogP contribution < -0.4 is 0 Å². The highest BCUT2D eigenvalue weighted by molar-refractivity contribution is 5.62. The van der Waals surface area contributed by atoms with Crippen LogP contribution in [0.15, 0.2) is 23.8 Å². The van der Waals surface area contributed by atoms with E-state index >= 15 is 0 Å². The zero-order chi connectivity index (χ0) is 22.9. The summed E-state index contributed by atoms with van der Waals surface area (Å²) in [5, 5.41) is 0. The molecule has 2 bridgehead atoms. The fraction of sp³-hybridized carbons (Fsp3) is 0.828. The number of carbonyl (C=O) groups excluding carboxylic acids is 1. The van der Waals surface area contributed by atoms with Gasteiger partial charge in [-0.3, -0.25) is 0 Å². The van der Waals surface area contributed by atoms with Gasteiger partial charge in [0.2, 0.25) is 0 Å². The molecule has 1 spiro atoms. The molecule has 3 heteroatoms. The molecule has 1 aliphatic heterocycles. The Morgan fingerprint density at radius 1 is 1.00 bits per heavy atom. The molecule has 9 atom stereocenters. The monoisotopic (exact) mass is 440 g/mol. The summed E-state index contributed by atoms with van der Waals surface area (Å²) in [5.74, 6) is 4.02. The van der Waals surface area contributed by atoms with Crippen LogP contribution in [0.3, 0.4) is 0 Å². The minimum absolute atomic E-state index is 0.0601. The Morgan fingerprint density at radius 3 is 2.53 bits per heavy atom. The number of carbonyl (C=O) groups is 1. The van der Waals surface area contributed by atoms with Crippen molar-refractivity contribution in [2.45, 2.75) is 105 Å². The largest absolute Gasteiger partial charge is 0.509 e. The lowest BCUT2D eigenvalue weighted by molar-refractivity contribution is -0.217. The minimum Gasteiger partial charge on any atom is -0.431 e. The van der Waals surface area contributed by atoms with Crippen LogP contribution >= 0.6 is 0 Å². The zero-order valence-electron chi connectivity index (χ0n) is 21.2. The Bertz CT molecular complexity index is 826. The van der Waals surface area contributed by atoms with Gasteiger partial charge in [0.05, 0.1) is 0 Å². The SMILES string of the molecule is CC(C)C(C)C=CC(C)C1CCC2C3=CCC45CC(CCC4(C)C3CCC21C)OC(=O)O5. The Labute approximate surface area is 195 Å². The summed E-state index contributed by atoms with van der Waals surface area (Å²) in [5.41, 5.74) is 1.85. The van der Waals surface area contributed by atoms with E-state index in [1.807, 2.05) is 0 Å². The Morgan fingerprint density at radius 2 is 1.78 bits per heavy atom. The van der Waals surface area contributed by atoms with Crippen molar-refractivity contribution < 1.29 is 14.3 Å². The minimum atomic E-state index is -0.429. The number of hydrogen-bond donors (Lipinski definition) is 0. The topological polar surface area (TPSA) is 35.5 Å². The van der Waals surface area contributed by atoms with Crippen molar-refractivity contribution >= 4 is 6.16 Å². The predicted octanol–water partition coefficient (Wildman–Crippen LogP) is 7.71. The predicted molar refractivity (Wildman–Crippen MR) is 128 cm³/mol. The van der Waals surface area contributed by atoms with E-state index in [0.29, 0.717) is 35.0 Å². The number of ether oxygens (including phenoxy) is 2. The Hall–Kier alpha value is -1.25. The summed E-state index contributed by atoms with van der Waals surface area (Å²) in [4.78, 5) is 12.3. The molecule has 3 nitrogen and oxygen atoms in total. The first-order chi connectivity index (χ1) is 15.1. The molecule has 0 N–H and O–H groups in total. The van der Waals surface area contributed by atoms with Gasteiger partial charge >= 0.3 is 6.16 Å². The van der Waals surface area contributed by atoms with Gasteiger partial charge in [0.1, 0.15) is 11.7 Å². The molecule has 178 valence electrons. The lowest BCUT2D eigenvalue weighted by Crippen LogP contribution is -2.64. The van der Waals surface area contributed by atoms with E-state index in [1.165, 1.54) is 25.7 Å². The van der Waals surface area contributed by atoms with E-state index in [4.69, 9.17) is 9.47 Å². The van der Waals surface area contributed by atoms with Crippen LogP contribution in [0.2, 0.25) is 0 Å². The van der Waals surface area contributed by atoms with Crippen LogP contribution in [0.5, 0.6) is 0 Å². The zero-order valence-corrected chi connectivity index (χ0v) is 21.2. The second-order valence-electron chi connectivity index (χ2n) is 12.8.